The van der Waals surface area contributed by atoms with Crippen molar-refractivity contribution in [1.29, 1.82) is 0 Å². The highest BCUT2D eigenvalue weighted by molar-refractivity contribution is 5.49. The molecule has 3 rings (SSSR count). The summed E-state index contributed by atoms with van der Waals surface area (Å²) in [6.45, 7) is 0. The monoisotopic (exact) mass is 258 g/mol. The predicted octanol–water partition coefficient (Wildman–Crippen LogP) is 2.58. The van der Waals surface area contributed by atoms with Crippen LogP contribution < -0.4 is 0 Å². The molecule has 6 nitrogen and oxygen atoms in total. The molecule has 2 atom stereocenters. The summed E-state index contributed by atoms with van der Waals surface area (Å²) in [5.41, 5.74) is 2.11. The first-order valence-electron chi connectivity index (χ1n) is 5.88. The molecule has 0 heterocycles. The molecule has 0 radical (unpaired) electrons. The summed E-state index contributed by atoms with van der Waals surface area (Å²) >= 11 is 0. The van der Waals surface area contributed by atoms with Crippen LogP contribution in [0.4, 0.5) is 5.69 Å². The Morgan fingerprint density at radius 2 is 1.95 bits per heavy atom. The van der Waals surface area contributed by atoms with Crippen molar-refractivity contribution in [3.05, 3.63) is 73.5 Å². The van der Waals surface area contributed by atoms with Crippen LogP contribution in [0.1, 0.15) is 17.0 Å². The summed E-state index contributed by atoms with van der Waals surface area (Å²) in [7, 11) is 0. The molecular formula is C13H10N2O4. The lowest BCUT2D eigenvalue weighted by Gasteiger charge is -2.15. The Balaban J connectivity index is 1.98. The number of hydrogen-bond acceptors (Lipinski definition) is 4. The van der Waals surface area contributed by atoms with E-state index in [2.05, 4.69) is 0 Å². The molecule has 2 aliphatic rings. The summed E-state index contributed by atoms with van der Waals surface area (Å²) in [4.78, 5) is 20.7. The molecule has 2 aliphatic carbocycles. The van der Waals surface area contributed by atoms with Crippen LogP contribution in [0.15, 0.2) is 42.1 Å². The molecule has 0 aromatic heterocycles. The number of fused-ring (bicyclic) bond motifs is 3. The van der Waals surface area contributed by atoms with E-state index in [4.69, 9.17) is 0 Å². The van der Waals surface area contributed by atoms with Crippen molar-refractivity contribution in [3.63, 3.8) is 0 Å². The van der Waals surface area contributed by atoms with Crippen LogP contribution in [0, 0.1) is 26.1 Å². The Kier molecular flexibility index (Phi) is 2.45. The molecule has 0 amide bonds. The highest BCUT2D eigenvalue weighted by Gasteiger charge is 2.34. The van der Waals surface area contributed by atoms with Crippen LogP contribution in [0.5, 0.6) is 0 Å². The first-order valence-corrected chi connectivity index (χ1v) is 5.88. The summed E-state index contributed by atoms with van der Waals surface area (Å²) in [6.07, 6.45) is 5.60. The van der Waals surface area contributed by atoms with Gasteiger partial charge in [0.2, 0.25) is 0 Å². The summed E-state index contributed by atoms with van der Waals surface area (Å²) in [5.74, 6) is 0.127. The van der Waals surface area contributed by atoms with E-state index in [0.29, 0.717) is 6.42 Å². The zero-order valence-corrected chi connectivity index (χ0v) is 9.85. The average molecular weight is 258 g/mol. The first-order chi connectivity index (χ1) is 9.06. The van der Waals surface area contributed by atoms with Gasteiger partial charge in [0.05, 0.1) is 9.85 Å². The molecular weight excluding hydrogens is 248 g/mol. The molecule has 0 aliphatic heterocycles. The molecule has 0 fully saturated rings. The number of non-ortho nitro benzene ring substituents is 1. The molecule has 0 spiro atoms. The molecule has 1 aromatic rings. The smallest absolute Gasteiger partial charge is 0.258 e. The molecule has 0 saturated heterocycles. The van der Waals surface area contributed by atoms with Crippen LogP contribution >= 0.6 is 0 Å². The number of rotatable bonds is 2. The van der Waals surface area contributed by atoms with Gasteiger partial charge in [0.25, 0.3) is 11.4 Å². The minimum absolute atomic E-state index is 0.0300. The third-order valence-corrected chi connectivity index (χ3v) is 3.68. The molecule has 0 bridgehead atoms. The van der Waals surface area contributed by atoms with Gasteiger partial charge in [-0.05, 0) is 29.5 Å². The Hall–Kier alpha value is -2.50. The van der Waals surface area contributed by atoms with E-state index < -0.39 is 9.85 Å². The maximum atomic E-state index is 10.8. The lowest BCUT2D eigenvalue weighted by atomic mass is 9.88. The molecule has 19 heavy (non-hydrogen) atoms. The minimum Gasteiger partial charge on any atom is -0.258 e. The zero-order chi connectivity index (χ0) is 13.6. The second-order valence-corrected chi connectivity index (χ2v) is 4.74. The molecule has 6 heteroatoms. The van der Waals surface area contributed by atoms with Crippen molar-refractivity contribution in [2.75, 3.05) is 0 Å². The maximum absolute atomic E-state index is 10.8. The molecule has 0 saturated carbocycles. The summed E-state index contributed by atoms with van der Waals surface area (Å²) in [5, 5.41) is 21.5. The van der Waals surface area contributed by atoms with Crippen LogP contribution in [0.3, 0.4) is 0 Å². The standard InChI is InChI=1S/C13H10N2O4/c16-14(17)10-1-3-12-8(6-10)5-9-7-11(15(18)19)2-4-13(9)12/h1-4,6-8,12H,5H2. The van der Waals surface area contributed by atoms with Crippen molar-refractivity contribution in [2.45, 2.75) is 12.3 Å². The number of nitro benzene ring substituents is 1. The van der Waals surface area contributed by atoms with Gasteiger partial charge in [0.15, 0.2) is 0 Å². The predicted molar refractivity (Wildman–Crippen MR) is 67.2 cm³/mol. The van der Waals surface area contributed by atoms with Gasteiger partial charge in [-0.1, -0.05) is 12.1 Å². The van der Waals surface area contributed by atoms with Gasteiger partial charge in [-0.3, -0.25) is 20.2 Å². The number of nitro groups is 2. The minimum atomic E-state index is -0.420. The van der Waals surface area contributed by atoms with Gasteiger partial charge in [0.1, 0.15) is 0 Å². The van der Waals surface area contributed by atoms with E-state index in [9.17, 15) is 20.2 Å². The van der Waals surface area contributed by atoms with Gasteiger partial charge < -0.3 is 0 Å². The quantitative estimate of drug-likeness (QED) is 0.602. The van der Waals surface area contributed by atoms with E-state index in [1.165, 1.54) is 12.1 Å². The Labute approximate surface area is 108 Å². The SMILES string of the molecule is O=[N+]([O-])C1=CC2Cc3cc([N+](=O)[O-])ccc3C2C=C1. The van der Waals surface area contributed by atoms with Gasteiger partial charge >= 0.3 is 0 Å². The van der Waals surface area contributed by atoms with Crippen LogP contribution in [-0.4, -0.2) is 9.85 Å². The number of allylic oxidation sites excluding steroid dienone is 3. The average Bonchev–Trinajstić information content (AvgIpc) is 2.74. The van der Waals surface area contributed by atoms with Crippen molar-refractivity contribution < 1.29 is 9.85 Å². The van der Waals surface area contributed by atoms with Crippen molar-refractivity contribution >= 4 is 5.69 Å². The van der Waals surface area contributed by atoms with Gasteiger partial charge in [-0.25, -0.2) is 0 Å². The highest BCUT2D eigenvalue weighted by Crippen LogP contribution is 2.43. The normalized spacial score (nSPS) is 23.5. The summed E-state index contributed by atoms with van der Waals surface area (Å²) in [6, 6.07) is 4.82. The lowest BCUT2D eigenvalue weighted by Crippen LogP contribution is -2.10. The first kappa shape index (κ1) is 11.6. The second kappa shape index (κ2) is 4.01. The third kappa shape index (κ3) is 1.81. The number of nitrogens with zero attached hydrogens (tertiary/aromatic N) is 2. The van der Waals surface area contributed by atoms with Crippen molar-refractivity contribution in [2.24, 2.45) is 5.92 Å². The molecule has 2 unspecified atom stereocenters. The largest absolute Gasteiger partial charge is 0.269 e. The van der Waals surface area contributed by atoms with Gasteiger partial charge in [-0.2, -0.15) is 0 Å². The third-order valence-electron chi connectivity index (χ3n) is 3.68. The van der Waals surface area contributed by atoms with Crippen LogP contribution in [0.2, 0.25) is 0 Å². The van der Waals surface area contributed by atoms with E-state index in [1.807, 2.05) is 6.08 Å². The second-order valence-electron chi connectivity index (χ2n) is 4.74. The number of benzene rings is 1. The molecule has 0 N–H and O–H groups in total. The van der Waals surface area contributed by atoms with Crippen molar-refractivity contribution in [1.82, 2.24) is 0 Å². The number of hydrogen-bond donors (Lipinski definition) is 0. The fourth-order valence-electron chi connectivity index (χ4n) is 2.83. The molecule has 1 aromatic carbocycles. The Morgan fingerprint density at radius 1 is 1.16 bits per heavy atom. The van der Waals surface area contributed by atoms with Gasteiger partial charge in [0, 0.05) is 24.1 Å². The van der Waals surface area contributed by atoms with E-state index in [-0.39, 0.29) is 23.2 Å². The van der Waals surface area contributed by atoms with E-state index in [1.54, 1.807) is 18.2 Å². The van der Waals surface area contributed by atoms with Crippen molar-refractivity contribution in [3.8, 4) is 0 Å². The Morgan fingerprint density at radius 3 is 2.63 bits per heavy atom. The van der Waals surface area contributed by atoms with E-state index >= 15 is 0 Å². The van der Waals surface area contributed by atoms with Crippen LogP contribution in [0.25, 0.3) is 0 Å². The maximum Gasteiger partial charge on any atom is 0.269 e. The summed E-state index contributed by atoms with van der Waals surface area (Å²) < 4.78 is 0. The highest BCUT2D eigenvalue weighted by atomic mass is 16.6. The van der Waals surface area contributed by atoms with Crippen LogP contribution in [-0.2, 0) is 6.42 Å². The topological polar surface area (TPSA) is 86.3 Å². The van der Waals surface area contributed by atoms with E-state index in [0.717, 1.165) is 11.1 Å². The zero-order valence-electron chi connectivity index (χ0n) is 9.85. The fourth-order valence-corrected chi connectivity index (χ4v) is 2.83. The fraction of sp³-hybridized carbons (Fsp3) is 0.231. The van der Waals surface area contributed by atoms with Gasteiger partial charge in [-0.15, -0.1) is 0 Å². The Bertz CT molecular complexity index is 648. The molecule has 96 valence electrons. The lowest BCUT2D eigenvalue weighted by molar-refractivity contribution is -0.419.